The summed E-state index contributed by atoms with van der Waals surface area (Å²) in [5.41, 5.74) is 6.59. The van der Waals surface area contributed by atoms with Crippen LogP contribution in [0, 0.1) is 5.92 Å². The molecule has 4 heteroatoms. The predicted octanol–water partition coefficient (Wildman–Crippen LogP) is 5.14. The van der Waals surface area contributed by atoms with E-state index >= 15 is 0 Å². The number of benzene rings is 3. The Bertz CT molecular complexity index is 944. The second-order valence-electron chi connectivity index (χ2n) is 7.49. The zero-order chi connectivity index (χ0) is 19.3. The highest BCUT2D eigenvalue weighted by Crippen LogP contribution is 2.41. The van der Waals surface area contributed by atoms with Crippen LogP contribution in [0.25, 0.3) is 11.1 Å². The molecule has 1 aliphatic carbocycles. The molecule has 2 atom stereocenters. The Morgan fingerprint density at radius 2 is 1.62 bits per heavy atom. The average Bonchev–Trinajstić information content (AvgIpc) is 2.74. The number of rotatable bonds is 6. The quantitative estimate of drug-likeness (QED) is 0.594. The van der Waals surface area contributed by atoms with E-state index in [1.807, 2.05) is 12.1 Å². The summed E-state index contributed by atoms with van der Waals surface area (Å²) in [5, 5.41) is 12.1. The Kier molecular flexibility index (Phi) is 7.08. The first-order valence-electron chi connectivity index (χ1n) is 9.88. The second-order valence-corrected chi connectivity index (χ2v) is 7.49. The number of halogens is 1. The first kappa shape index (κ1) is 21.1. The van der Waals surface area contributed by atoms with Crippen molar-refractivity contribution < 1.29 is 9.90 Å². The number of aliphatic carboxylic acids is 1. The third kappa shape index (κ3) is 4.87. The molecule has 0 heterocycles. The van der Waals surface area contributed by atoms with Gasteiger partial charge in [0.05, 0.1) is 6.54 Å². The maximum Gasteiger partial charge on any atom is 0.317 e. The summed E-state index contributed by atoms with van der Waals surface area (Å²) < 4.78 is 0. The van der Waals surface area contributed by atoms with Crippen LogP contribution < -0.4 is 5.32 Å². The van der Waals surface area contributed by atoms with Crippen molar-refractivity contribution in [3.8, 4) is 11.1 Å². The minimum absolute atomic E-state index is 0. The topological polar surface area (TPSA) is 49.3 Å². The van der Waals surface area contributed by atoms with E-state index in [0.717, 1.165) is 12.8 Å². The summed E-state index contributed by atoms with van der Waals surface area (Å²) in [6.45, 7) is 0.726. The van der Waals surface area contributed by atoms with E-state index in [0.29, 0.717) is 12.5 Å². The molecule has 1 aliphatic rings. The van der Waals surface area contributed by atoms with Gasteiger partial charge in [-0.3, -0.25) is 4.79 Å². The largest absolute Gasteiger partial charge is 0.480 e. The van der Waals surface area contributed by atoms with Crippen molar-refractivity contribution in [3.63, 3.8) is 0 Å². The normalized spacial score (nSPS) is 17.8. The van der Waals surface area contributed by atoms with Crippen LogP contribution in [0.4, 0.5) is 0 Å². The molecule has 2 unspecified atom stereocenters. The van der Waals surface area contributed by atoms with Crippen molar-refractivity contribution in [3.05, 3.63) is 95.6 Å². The van der Waals surface area contributed by atoms with E-state index in [9.17, 15) is 4.79 Å². The lowest BCUT2D eigenvalue weighted by Crippen LogP contribution is -2.34. The van der Waals surface area contributed by atoms with Crippen molar-refractivity contribution in [2.24, 2.45) is 5.92 Å². The summed E-state index contributed by atoms with van der Waals surface area (Å²) in [6, 6.07) is 27.9. The predicted molar refractivity (Wildman–Crippen MR) is 120 cm³/mol. The molecule has 0 saturated carbocycles. The SMILES string of the molecule is Cl.O=C(O)CNCC1CCc2cc(-c3ccccc3)ccc2C1c1ccccc1. The highest BCUT2D eigenvalue weighted by molar-refractivity contribution is 5.85. The minimum atomic E-state index is -0.806. The monoisotopic (exact) mass is 407 g/mol. The fourth-order valence-electron chi connectivity index (χ4n) is 4.39. The molecule has 0 saturated heterocycles. The molecule has 29 heavy (non-hydrogen) atoms. The van der Waals surface area contributed by atoms with Crippen LogP contribution in [0.1, 0.15) is 29.0 Å². The molecular formula is C25H26ClNO2. The highest BCUT2D eigenvalue weighted by Gasteiger charge is 2.30. The van der Waals surface area contributed by atoms with Crippen LogP contribution in [0.2, 0.25) is 0 Å². The van der Waals surface area contributed by atoms with Gasteiger partial charge in [0.1, 0.15) is 0 Å². The minimum Gasteiger partial charge on any atom is -0.480 e. The zero-order valence-corrected chi connectivity index (χ0v) is 17.1. The number of carbonyl (C=O) groups is 1. The maximum absolute atomic E-state index is 10.9. The molecule has 0 spiro atoms. The second kappa shape index (κ2) is 9.73. The number of carboxylic acid groups (broad SMARTS) is 1. The standard InChI is InChI=1S/C25H25NO2.ClH/c27-24(28)17-26-16-22-12-11-21-15-20(18-7-3-1-4-8-18)13-14-23(21)25(22)19-9-5-2-6-10-19;/h1-10,13-15,22,25-26H,11-12,16-17H2,(H,27,28);1H. The summed E-state index contributed by atoms with van der Waals surface area (Å²) in [5.74, 6) is -0.132. The van der Waals surface area contributed by atoms with Crippen LogP contribution >= 0.6 is 12.4 Å². The lowest BCUT2D eigenvalue weighted by atomic mass is 9.71. The van der Waals surface area contributed by atoms with Crippen LogP contribution in [0.5, 0.6) is 0 Å². The van der Waals surface area contributed by atoms with Gasteiger partial charge in [0.2, 0.25) is 0 Å². The first-order valence-corrected chi connectivity index (χ1v) is 9.88. The van der Waals surface area contributed by atoms with Gasteiger partial charge in [-0.05, 0) is 53.1 Å². The van der Waals surface area contributed by atoms with E-state index < -0.39 is 5.97 Å². The van der Waals surface area contributed by atoms with Gasteiger partial charge < -0.3 is 10.4 Å². The Morgan fingerprint density at radius 3 is 2.31 bits per heavy atom. The van der Waals surface area contributed by atoms with Crippen molar-refractivity contribution >= 4 is 18.4 Å². The molecule has 0 amide bonds. The summed E-state index contributed by atoms with van der Waals surface area (Å²) in [4.78, 5) is 10.9. The van der Waals surface area contributed by atoms with Gasteiger partial charge in [0.15, 0.2) is 0 Å². The zero-order valence-electron chi connectivity index (χ0n) is 16.3. The van der Waals surface area contributed by atoms with Crippen LogP contribution in [0.3, 0.4) is 0 Å². The molecule has 0 aromatic heterocycles. The number of carboxylic acids is 1. The van der Waals surface area contributed by atoms with Gasteiger partial charge in [-0.25, -0.2) is 0 Å². The van der Waals surface area contributed by atoms with Crippen molar-refractivity contribution in [1.29, 1.82) is 0 Å². The third-order valence-electron chi connectivity index (χ3n) is 5.68. The van der Waals surface area contributed by atoms with E-state index in [1.54, 1.807) is 0 Å². The lowest BCUT2D eigenvalue weighted by molar-refractivity contribution is -0.136. The molecule has 0 fully saturated rings. The van der Waals surface area contributed by atoms with E-state index in [2.05, 4.69) is 72.0 Å². The molecule has 0 radical (unpaired) electrons. The van der Waals surface area contributed by atoms with Gasteiger partial charge in [0.25, 0.3) is 0 Å². The number of hydrogen-bond donors (Lipinski definition) is 2. The fraction of sp³-hybridized carbons (Fsp3) is 0.240. The smallest absolute Gasteiger partial charge is 0.317 e. The number of fused-ring (bicyclic) bond motifs is 1. The summed E-state index contributed by atoms with van der Waals surface area (Å²) in [6.07, 6.45) is 2.08. The summed E-state index contributed by atoms with van der Waals surface area (Å²) in [7, 11) is 0. The van der Waals surface area contributed by atoms with Gasteiger partial charge in [-0.15, -0.1) is 12.4 Å². The molecule has 3 aromatic rings. The van der Waals surface area contributed by atoms with Crippen molar-refractivity contribution in [2.45, 2.75) is 18.8 Å². The van der Waals surface area contributed by atoms with Gasteiger partial charge in [-0.1, -0.05) is 78.9 Å². The first-order chi connectivity index (χ1) is 13.7. The Balaban J connectivity index is 0.00000240. The molecular weight excluding hydrogens is 382 g/mol. The molecule has 0 bridgehead atoms. The molecule has 2 N–H and O–H groups in total. The van der Waals surface area contributed by atoms with E-state index in [4.69, 9.17) is 5.11 Å². The molecule has 3 nitrogen and oxygen atoms in total. The van der Waals surface area contributed by atoms with Crippen LogP contribution in [0.15, 0.2) is 78.9 Å². The Hall–Kier alpha value is -2.62. The molecule has 150 valence electrons. The molecule has 3 aromatic carbocycles. The van der Waals surface area contributed by atoms with E-state index in [-0.39, 0.29) is 24.9 Å². The van der Waals surface area contributed by atoms with Gasteiger partial charge >= 0.3 is 5.97 Å². The van der Waals surface area contributed by atoms with Crippen molar-refractivity contribution in [2.75, 3.05) is 13.1 Å². The van der Waals surface area contributed by atoms with Gasteiger partial charge in [-0.2, -0.15) is 0 Å². The lowest BCUT2D eigenvalue weighted by Gasteiger charge is -2.34. The van der Waals surface area contributed by atoms with Crippen molar-refractivity contribution in [1.82, 2.24) is 5.32 Å². The average molecular weight is 408 g/mol. The number of nitrogens with one attached hydrogen (secondary N) is 1. The Morgan fingerprint density at radius 1 is 0.931 bits per heavy atom. The fourth-order valence-corrected chi connectivity index (χ4v) is 4.39. The van der Waals surface area contributed by atoms with Crippen LogP contribution in [-0.2, 0) is 11.2 Å². The molecule has 0 aliphatic heterocycles. The highest BCUT2D eigenvalue weighted by atomic mass is 35.5. The van der Waals surface area contributed by atoms with Gasteiger partial charge in [0, 0.05) is 5.92 Å². The number of hydrogen-bond acceptors (Lipinski definition) is 2. The maximum atomic E-state index is 10.9. The molecule has 4 rings (SSSR count). The Labute approximate surface area is 178 Å². The third-order valence-corrected chi connectivity index (χ3v) is 5.68. The van der Waals surface area contributed by atoms with E-state index in [1.165, 1.54) is 27.8 Å². The number of aryl methyl sites for hydroxylation is 1. The van der Waals surface area contributed by atoms with Crippen LogP contribution in [-0.4, -0.2) is 24.2 Å². The summed E-state index contributed by atoms with van der Waals surface area (Å²) >= 11 is 0.